The van der Waals surface area contributed by atoms with Gasteiger partial charge in [0, 0.05) is 37.9 Å². The van der Waals surface area contributed by atoms with Crippen molar-refractivity contribution >= 4 is 11.4 Å². The summed E-state index contributed by atoms with van der Waals surface area (Å²) in [6.07, 6.45) is 8.25. The van der Waals surface area contributed by atoms with Gasteiger partial charge in [0.15, 0.2) is 0 Å². The van der Waals surface area contributed by atoms with Crippen LogP contribution >= 0.6 is 0 Å². The van der Waals surface area contributed by atoms with E-state index in [9.17, 15) is 10.1 Å². The Bertz CT molecular complexity index is 878. The Morgan fingerprint density at radius 1 is 1.16 bits per heavy atom. The molecule has 0 saturated carbocycles. The zero-order chi connectivity index (χ0) is 22.2. The van der Waals surface area contributed by atoms with Gasteiger partial charge >= 0.3 is 5.69 Å². The van der Waals surface area contributed by atoms with E-state index in [4.69, 9.17) is 9.47 Å². The number of rotatable bonds is 10. The molecule has 4 rings (SSSR count). The first-order chi connectivity index (χ1) is 15.7. The number of nitrogens with zero attached hydrogens (tertiary/aromatic N) is 3. The average molecular weight is 441 g/mol. The van der Waals surface area contributed by atoms with Gasteiger partial charge in [-0.05, 0) is 69.0 Å². The Morgan fingerprint density at radius 3 is 2.62 bits per heavy atom. The van der Waals surface area contributed by atoms with E-state index in [1.54, 1.807) is 12.3 Å². The lowest BCUT2D eigenvalue weighted by molar-refractivity contribution is -0.384. The molecule has 0 spiro atoms. The molecule has 1 aromatic heterocycles. The van der Waals surface area contributed by atoms with E-state index < -0.39 is 4.92 Å². The van der Waals surface area contributed by atoms with Crippen molar-refractivity contribution < 1.29 is 14.4 Å². The van der Waals surface area contributed by atoms with Crippen LogP contribution in [0.2, 0.25) is 0 Å². The fraction of sp³-hybridized carbons (Fsp3) is 0.542. The van der Waals surface area contributed by atoms with Gasteiger partial charge < -0.3 is 19.7 Å². The third-order valence-corrected chi connectivity index (χ3v) is 6.62. The molecule has 1 aromatic carbocycles. The van der Waals surface area contributed by atoms with Gasteiger partial charge in [-0.1, -0.05) is 12.1 Å². The summed E-state index contributed by atoms with van der Waals surface area (Å²) < 4.78 is 11.6. The van der Waals surface area contributed by atoms with Crippen LogP contribution in [0, 0.1) is 10.1 Å². The second kappa shape index (κ2) is 10.7. The van der Waals surface area contributed by atoms with Crippen molar-refractivity contribution in [3.63, 3.8) is 0 Å². The van der Waals surface area contributed by atoms with Crippen molar-refractivity contribution in [2.24, 2.45) is 0 Å². The molecule has 0 radical (unpaired) electrons. The third-order valence-electron chi connectivity index (χ3n) is 6.62. The summed E-state index contributed by atoms with van der Waals surface area (Å²) in [4.78, 5) is 17.3. The third kappa shape index (κ3) is 5.55. The second-order valence-corrected chi connectivity index (χ2v) is 8.67. The van der Waals surface area contributed by atoms with Gasteiger partial charge in [0.05, 0.1) is 11.5 Å². The average Bonchev–Trinajstić information content (AvgIpc) is 3.35. The summed E-state index contributed by atoms with van der Waals surface area (Å²) >= 11 is 0. The minimum atomic E-state index is -0.401. The summed E-state index contributed by atoms with van der Waals surface area (Å²) in [6.45, 7) is 6.21. The maximum Gasteiger partial charge on any atom is 0.310 e. The van der Waals surface area contributed by atoms with Crippen LogP contribution in [-0.4, -0.2) is 60.8 Å². The molecule has 2 saturated heterocycles. The molecule has 2 aromatic rings. The second-order valence-electron chi connectivity index (χ2n) is 8.67. The number of hydrogen-bond acceptors (Lipinski definition) is 7. The Balaban J connectivity index is 1.38. The lowest BCUT2D eigenvalue weighted by atomic mass is 9.74. The van der Waals surface area contributed by atoms with Crippen LogP contribution in [0.15, 0.2) is 42.7 Å². The van der Waals surface area contributed by atoms with Gasteiger partial charge in [0.25, 0.3) is 0 Å². The van der Waals surface area contributed by atoms with Crippen molar-refractivity contribution in [1.82, 2.24) is 9.88 Å². The Labute approximate surface area is 189 Å². The highest BCUT2D eigenvalue weighted by molar-refractivity contribution is 5.60. The summed E-state index contributed by atoms with van der Waals surface area (Å²) in [6, 6.07) is 9.99. The quantitative estimate of drug-likeness (QED) is 0.339. The van der Waals surface area contributed by atoms with E-state index in [2.05, 4.69) is 27.3 Å². The fourth-order valence-corrected chi connectivity index (χ4v) is 4.66. The van der Waals surface area contributed by atoms with Crippen LogP contribution in [0.4, 0.5) is 11.4 Å². The summed E-state index contributed by atoms with van der Waals surface area (Å²) in [5, 5.41) is 14.6. The van der Waals surface area contributed by atoms with Gasteiger partial charge in [-0.2, -0.15) is 0 Å². The van der Waals surface area contributed by atoms with Crippen LogP contribution in [0.3, 0.4) is 0 Å². The van der Waals surface area contributed by atoms with Crippen molar-refractivity contribution in [3.8, 4) is 5.75 Å². The number of anilines is 1. The molecule has 2 aliphatic rings. The number of likely N-dealkylation sites (tertiary alicyclic amines) is 1. The van der Waals surface area contributed by atoms with Crippen molar-refractivity contribution in [2.75, 3.05) is 51.3 Å². The number of hydrogen-bond donors (Lipinski definition) is 1. The van der Waals surface area contributed by atoms with Crippen LogP contribution in [-0.2, 0) is 10.2 Å². The van der Waals surface area contributed by atoms with Crippen LogP contribution in [0.1, 0.15) is 37.7 Å². The maximum absolute atomic E-state index is 11.3. The highest BCUT2D eigenvalue weighted by Crippen LogP contribution is 2.36. The van der Waals surface area contributed by atoms with Crippen molar-refractivity contribution in [1.29, 1.82) is 0 Å². The van der Waals surface area contributed by atoms with E-state index in [1.165, 1.54) is 37.7 Å². The predicted octanol–water partition coefficient (Wildman–Crippen LogP) is 4.01. The lowest BCUT2D eigenvalue weighted by Gasteiger charge is -2.38. The predicted molar refractivity (Wildman–Crippen MR) is 123 cm³/mol. The van der Waals surface area contributed by atoms with Crippen LogP contribution in [0.25, 0.3) is 0 Å². The fourth-order valence-electron chi connectivity index (χ4n) is 4.66. The summed E-state index contributed by atoms with van der Waals surface area (Å²) in [5.41, 5.74) is 1.54. The molecule has 1 N–H and O–H groups in total. The minimum Gasteiger partial charge on any atom is -0.494 e. The number of nitrogens with one attached hydrogen (secondary N) is 1. The summed E-state index contributed by atoms with van der Waals surface area (Å²) in [5.74, 6) is 0.884. The van der Waals surface area contributed by atoms with E-state index in [0.29, 0.717) is 25.4 Å². The molecule has 0 unspecified atom stereocenters. The first-order valence-electron chi connectivity index (χ1n) is 11.5. The topological polar surface area (TPSA) is 89.8 Å². The molecule has 0 atom stereocenters. The number of aromatic nitrogens is 1. The molecule has 0 amide bonds. The number of pyridine rings is 1. The van der Waals surface area contributed by atoms with E-state index >= 15 is 0 Å². The molecule has 2 fully saturated rings. The van der Waals surface area contributed by atoms with Crippen LogP contribution in [0.5, 0.6) is 5.75 Å². The van der Waals surface area contributed by atoms with Crippen molar-refractivity contribution in [2.45, 2.75) is 37.5 Å². The zero-order valence-corrected chi connectivity index (χ0v) is 18.5. The van der Waals surface area contributed by atoms with Crippen molar-refractivity contribution in [3.05, 3.63) is 58.4 Å². The van der Waals surface area contributed by atoms with Crippen LogP contribution < -0.4 is 10.1 Å². The lowest BCUT2D eigenvalue weighted by Crippen LogP contribution is -2.40. The molecule has 0 aliphatic carbocycles. The maximum atomic E-state index is 11.3. The smallest absolute Gasteiger partial charge is 0.310 e. The molecule has 8 heteroatoms. The standard InChI is InChI=1S/C24H32N4O4/c29-28(30)23-18-25-11-8-22(23)26-19-24(9-16-31-17-10-24)20-4-6-21(7-5-20)32-15-3-14-27-12-1-2-13-27/h4-8,11,18H,1-3,9-10,12-17,19H2,(H,25,26). The number of benzene rings is 1. The van der Waals surface area contributed by atoms with Gasteiger partial charge in [-0.3, -0.25) is 15.1 Å². The van der Waals surface area contributed by atoms with E-state index in [0.717, 1.165) is 38.2 Å². The van der Waals surface area contributed by atoms with E-state index in [1.807, 2.05) is 12.1 Å². The zero-order valence-electron chi connectivity index (χ0n) is 18.5. The first-order valence-corrected chi connectivity index (χ1v) is 11.5. The van der Waals surface area contributed by atoms with Gasteiger partial charge in [0.1, 0.15) is 17.6 Å². The Hall–Kier alpha value is -2.71. The molecule has 8 nitrogen and oxygen atoms in total. The normalized spacial score (nSPS) is 18.4. The van der Waals surface area contributed by atoms with Gasteiger partial charge in [-0.15, -0.1) is 0 Å². The molecular weight excluding hydrogens is 408 g/mol. The monoisotopic (exact) mass is 440 g/mol. The Morgan fingerprint density at radius 2 is 1.91 bits per heavy atom. The SMILES string of the molecule is O=[N+]([O-])c1cnccc1NCC1(c2ccc(OCCCN3CCCC3)cc2)CCOCC1. The summed E-state index contributed by atoms with van der Waals surface area (Å²) in [7, 11) is 0. The Kier molecular flexibility index (Phi) is 7.55. The molecule has 172 valence electrons. The minimum absolute atomic E-state index is 0.00705. The molecule has 3 heterocycles. The van der Waals surface area contributed by atoms with Gasteiger partial charge in [0.2, 0.25) is 0 Å². The molecule has 32 heavy (non-hydrogen) atoms. The first kappa shape index (κ1) is 22.5. The highest BCUT2D eigenvalue weighted by Gasteiger charge is 2.35. The number of nitro groups is 1. The molecular formula is C24H32N4O4. The largest absolute Gasteiger partial charge is 0.494 e. The highest BCUT2D eigenvalue weighted by atomic mass is 16.6. The number of ether oxygens (including phenoxy) is 2. The molecule has 0 bridgehead atoms. The van der Waals surface area contributed by atoms with E-state index in [-0.39, 0.29) is 11.1 Å². The van der Waals surface area contributed by atoms with Gasteiger partial charge in [-0.25, -0.2) is 0 Å². The molecule has 2 aliphatic heterocycles.